The van der Waals surface area contributed by atoms with Crippen molar-refractivity contribution in [1.82, 2.24) is 10.7 Å². The number of benzene rings is 3. The molecule has 11 heteroatoms. The van der Waals surface area contributed by atoms with E-state index >= 15 is 0 Å². The van der Waals surface area contributed by atoms with Crippen LogP contribution in [0.4, 0.5) is 0 Å². The van der Waals surface area contributed by atoms with Crippen molar-refractivity contribution in [2.45, 2.75) is 25.5 Å². The third kappa shape index (κ3) is 7.79. The first-order valence-corrected chi connectivity index (χ1v) is 13.6. The van der Waals surface area contributed by atoms with Crippen molar-refractivity contribution in [3.05, 3.63) is 110 Å². The van der Waals surface area contributed by atoms with Gasteiger partial charge in [0.05, 0.1) is 21.3 Å². The molecule has 0 bridgehead atoms. The van der Waals surface area contributed by atoms with Crippen LogP contribution in [0.25, 0.3) is 11.3 Å². The summed E-state index contributed by atoms with van der Waals surface area (Å²) in [5, 5.41) is 8.20. The molecule has 4 rings (SSSR count). The lowest BCUT2D eigenvalue weighted by atomic mass is 10.1. The molecule has 2 atom stereocenters. The minimum absolute atomic E-state index is 0.223. The van der Waals surface area contributed by atoms with Crippen LogP contribution in [0.1, 0.15) is 18.2 Å². The van der Waals surface area contributed by atoms with E-state index in [9.17, 15) is 9.59 Å². The number of ether oxygens (including phenoxy) is 1. The molecule has 0 spiro atoms. The topological polar surface area (TPSA) is 92.9 Å². The highest BCUT2D eigenvalue weighted by atomic mass is 35.5. The van der Waals surface area contributed by atoms with Gasteiger partial charge in [0.25, 0.3) is 11.8 Å². The second kappa shape index (κ2) is 13.7. The normalized spacial score (nSPS) is 12.6. The molecule has 0 aliphatic heterocycles. The molecule has 0 aliphatic rings. The molecule has 0 radical (unpaired) electrons. The highest BCUT2D eigenvalue weighted by molar-refractivity contribution is 6.43. The number of rotatable bonds is 10. The van der Waals surface area contributed by atoms with E-state index in [4.69, 9.17) is 55.6 Å². The molecule has 4 aromatic rings. The fourth-order valence-electron chi connectivity index (χ4n) is 3.66. The van der Waals surface area contributed by atoms with Gasteiger partial charge in [-0.15, -0.1) is 0 Å². The number of carbonyl (C=O) groups excluding carboxylic acids is 2. The minimum Gasteiger partial charge on any atom is -0.479 e. The summed E-state index contributed by atoms with van der Waals surface area (Å²) < 4.78 is 11.5. The molecule has 206 valence electrons. The Kier molecular flexibility index (Phi) is 10.1. The predicted molar refractivity (Wildman–Crippen MR) is 159 cm³/mol. The number of nitrogens with zero attached hydrogens (tertiary/aromatic N) is 1. The molecule has 0 aliphatic carbocycles. The molecule has 0 saturated carbocycles. The Balaban J connectivity index is 1.43. The number of hydrogen-bond donors (Lipinski definition) is 2. The molecular weight excluding hydrogens is 596 g/mol. The lowest BCUT2D eigenvalue weighted by molar-refractivity contribution is -0.132. The number of furan rings is 1. The third-order valence-corrected chi connectivity index (χ3v) is 7.04. The van der Waals surface area contributed by atoms with Crippen molar-refractivity contribution in [3.63, 3.8) is 0 Å². The van der Waals surface area contributed by atoms with Gasteiger partial charge in [-0.1, -0.05) is 82.8 Å². The summed E-state index contributed by atoms with van der Waals surface area (Å²) in [6.45, 7) is 1.55. The summed E-state index contributed by atoms with van der Waals surface area (Å²) in [5.41, 5.74) is 3.93. The third-order valence-electron chi connectivity index (χ3n) is 5.69. The molecule has 40 heavy (non-hydrogen) atoms. The molecule has 0 unspecified atom stereocenters. The number of halogens is 4. The van der Waals surface area contributed by atoms with Crippen LogP contribution in [-0.4, -0.2) is 30.2 Å². The van der Waals surface area contributed by atoms with Crippen LogP contribution in [-0.2, 0) is 16.0 Å². The van der Waals surface area contributed by atoms with Gasteiger partial charge in [0.15, 0.2) is 6.10 Å². The van der Waals surface area contributed by atoms with Gasteiger partial charge >= 0.3 is 0 Å². The maximum atomic E-state index is 13.1. The van der Waals surface area contributed by atoms with E-state index < -0.39 is 24.0 Å². The summed E-state index contributed by atoms with van der Waals surface area (Å²) in [4.78, 5) is 26.0. The van der Waals surface area contributed by atoms with E-state index in [1.807, 2.05) is 30.3 Å². The molecule has 3 aromatic carbocycles. The van der Waals surface area contributed by atoms with Crippen LogP contribution in [0.5, 0.6) is 5.75 Å². The Morgan fingerprint density at radius 2 is 1.70 bits per heavy atom. The van der Waals surface area contributed by atoms with Crippen molar-refractivity contribution in [3.8, 4) is 17.1 Å². The average molecular weight is 619 g/mol. The quantitative estimate of drug-likeness (QED) is 0.145. The van der Waals surface area contributed by atoms with Gasteiger partial charge in [-0.05, 0) is 55.0 Å². The van der Waals surface area contributed by atoms with E-state index in [0.717, 1.165) is 5.56 Å². The van der Waals surface area contributed by atoms with Crippen molar-refractivity contribution in [2.75, 3.05) is 0 Å². The standard InChI is InChI=1S/C29H23Cl4N3O4/c1-17(39-26-12-10-19(30)15-23(26)32)28(37)35-24(14-18-6-3-2-4-7-18)29(38)36-34-16-20-11-13-25(40-20)21-8-5-9-22(31)27(21)33/h2-13,15-17,24H,14H2,1H3,(H,35,37)(H,36,38)/b34-16-/t17-,24+/m1/s1. The van der Waals surface area contributed by atoms with Gasteiger partial charge in [-0.3, -0.25) is 9.59 Å². The summed E-state index contributed by atoms with van der Waals surface area (Å²) in [5.74, 6) is 0.107. The van der Waals surface area contributed by atoms with Gasteiger partial charge in [0.1, 0.15) is 23.3 Å². The lowest BCUT2D eigenvalue weighted by Gasteiger charge is -2.21. The van der Waals surface area contributed by atoms with Crippen LogP contribution in [0, 0.1) is 0 Å². The Morgan fingerprint density at radius 3 is 2.45 bits per heavy atom. The lowest BCUT2D eigenvalue weighted by Crippen LogP contribution is -2.50. The van der Waals surface area contributed by atoms with E-state index in [-0.39, 0.29) is 11.4 Å². The second-order valence-corrected chi connectivity index (χ2v) is 10.3. The molecule has 1 aromatic heterocycles. The number of hydrogen-bond acceptors (Lipinski definition) is 5. The zero-order valence-electron chi connectivity index (χ0n) is 21.0. The average Bonchev–Trinajstić information content (AvgIpc) is 3.40. The van der Waals surface area contributed by atoms with Gasteiger partial charge in [-0.25, -0.2) is 5.43 Å². The molecule has 2 amide bonds. The van der Waals surface area contributed by atoms with Crippen molar-refractivity contribution in [2.24, 2.45) is 5.10 Å². The summed E-state index contributed by atoms with van der Waals surface area (Å²) in [6.07, 6.45) is 0.615. The summed E-state index contributed by atoms with van der Waals surface area (Å²) in [6, 6.07) is 21.6. The first-order chi connectivity index (χ1) is 19.2. The Hall–Kier alpha value is -3.49. The van der Waals surface area contributed by atoms with Crippen LogP contribution < -0.4 is 15.5 Å². The highest BCUT2D eigenvalue weighted by Gasteiger charge is 2.25. The zero-order valence-corrected chi connectivity index (χ0v) is 24.1. The zero-order chi connectivity index (χ0) is 28.6. The number of amides is 2. The maximum absolute atomic E-state index is 13.1. The number of carbonyl (C=O) groups is 2. The molecule has 0 saturated heterocycles. The van der Waals surface area contributed by atoms with E-state index in [2.05, 4.69) is 15.8 Å². The van der Waals surface area contributed by atoms with Crippen molar-refractivity contribution in [1.29, 1.82) is 0 Å². The fraction of sp³-hybridized carbons (Fsp3) is 0.138. The molecule has 2 N–H and O–H groups in total. The highest BCUT2D eigenvalue weighted by Crippen LogP contribution is 2.34. The predicted octanol–water partition coefficient (Wildman–Crippen LogP) is 7.21. The van der Waals surface area contributed by atoms with Gasteiger partial charge < -0.3 is 14.5 Å². The van der Waals surface area contributed by atoms with E-state index in [1.54, 1.807) is 49.4 Å². The van der Waals surface area contributed by atoms with E-state index in [0.29, 0.717) is 37.9 Å². The van der Waals surface area contributed by atoms with Crippen molar-refractivity contribution < 1.29 is 18.7 Å². The van der Waals surface area contributed by atoms with Gasteiger partial charge in [0, 0.05) is 17.0 Å². The van der Waals surface area contributed by atoms with Gasteiger partial charge in [-0.2, -0.15) is 5.10 Å². The van der Waals surface area contributed by atoms with Crippen LogP contribution in [0.15, 0.2) is 88.4 Å². The van der Waals surface area contributed by atoms with Crippen LogP contribution in [0.2, 0.25) is 20.1 Å². The van der Waals surface area contributed by atoms with Crippen LogP contribution in [0.3, 0.4) is 0 Å². The summed E-state index contributed by atoms with van der Waals surface area (Å²) >= 11 is 24.4. The Bertz CT molecular complexity index is 1520. The minimum atomic E-state index is -0.951. The largest absolute Gasteiger partial charge is 0.479 e. The Labute approximate surface area is 251 Å². The summed E-state index contributed by atoms with van der Waals surface area (Å²) in [7, 11) is 0. The molecule has 0 fully saturated rings. The monoisotopic (exact) mass is 617 g/mol. The fourth-order valence-corrected chi connectivity index (χ4v) is 4.51. The molecule has 1 heterocycles. The van der Waals surface area contributed by atoms with Crippen molar-refractivity contribution >= 4 is 64.4 Å². The number of hydrazone groups is 1. The number of nitrogens with one attached hydrogen (secondary N) is 2. The first-order valence-electron chi connectivity index (χ1n) is 12.0. The first kappa shape index (κ1) is 29.5. The molecular formula is C29H23Cl4N3O4. The SMILES string of the molecule is C[C@@H](Oc1ccc(Cl)cc1Cl)C(=O)N[C@@H](Cc1ccccc1)C(=O)N/N=C\c1ccc(-c2cccc(Cl)c2Cl)o1. The van der Waals surface area contributed by atoms with Gasteiger partial charge in [0.2, 0.25) is 0 Å². The smallest absolute Gasteiger partial charge is 0.262 e. The van der Waals surface area contributed by atoms with Crippen LogP contribution >= 0.6 is 46.4 Å². The molecule has 7 nitrogen and oxygen atoms in total. The van der Waals surface area contributed by atoms with E-state index in [1.165, 1.54) is 12.3 Å². The maximum Gasteiger partial charge on any atom is 0.262 e. The Morgan fingerprint density at radius 1 is 0.925 bits per heavy atom. The second-order valence-electron chi connectivity index (χ2n) is 8.62.